The molecule has 1 saturated heterocycles. The van der Waals surface area contributed by atoms with Gasteiger partial charge in [0.1, 0.15) is 11.9 Å². The Morgan fingerprint density at radius 3 is 2.77 bits per heavy atom. The van der Waals surface area contributed by atoms with E-state index in [2.05, 4.69) is 10.3 Å². The number of pyridine rings is 1. The highest BCUT2D eigenvalue weighted by Gasteiger charge is 2.36. The van der Waals surface area contributed by atoms with E-state index in [0.717, 1.165) is 11.6 Å². The summed E-state index contributed by atoms with van der Waals surface area (Å²) in [5.41, 5.74) is 0.578. The van der Waals surface area contributed by atoms with Crippen LogP contribution in [0.4, 0.5) is 24.7 Å². The van der Waals surface area contributed by atoms with E-state index >= 15 is 0 Å². The normalized spacial score (nSPS) is 16.4. The number of amides is 1. The molecule has 0 unspecified atom stereocenters. The molecule has 0 bridgehead atoms. The third-order valence-electron chi connectivity index (χ3n) is 4.59. The smallest absolute Gasteiger partial charge is 0.417 e. The number of nitrogens with zero attached hydrogens (tertiary/aromatic N) is 2. The standard InChI is InChI=1S/C20H19ClF3N3O3/c1-12-4-2-5-14(8-12)26-17(28)11-30-19(29)16-6-3-7-27(16)18-15(21)9-13(10-25-18)20(22,23)24/h2,4-5,8-10,16H,3,6-7,11H2,1H3,(H,26,28)/t16-/m0/s1. The van der Waals surface area contributed by atoms with Crippen LogP contribution < -0.4 is 10.2 Å². The van der Waals surface area contributed by atoms with E-state index in [0.29, 0.717) is 31.3 Å². The molecule has 2 heterocycles. The zero-order valence-electron chi connectivity index (χ0n) is 16.0. The fraction of sp³-hybridized carbons (Fsp3) is 0.350. The lowest BCUT2D eigenvalue weighted by Crippen LogP contribution is -2.39. The first-order valence-corrected chi connectivity index (χ1v) is 9.55. The molecule has 0 spiro atoms. The lowest BCUT2D eigenvalue weighted by molar-refractivity contribution is -0.148. The van der Waals surface area contributed by atoms with Crippen molar-refractivity contribution in [3.63, 3.8) is 0 Å². The average molecular weight is 442 g/mol. The minimum Gasteiger partial charge on any atom is -0.454 e. The SMILES string of the molecule is Cc1cccc(NC(=O)COC(=O)[C@@H]2CCCN2c2ncc(C(F)(F)F)cc2Cl)c1. The largest absolute Gasteiger partial charge is 0.454 e. The van der Waals surface area contributed by atoms with Gasteiger partial charge in [0.15, 0.2) is 6.61 Å². The van der Waals surface area contributed by atoms with Crippen molar-refractivity contribution in [2.45, 2.75) is 32.0 Å². The van der Waals surface area contributed by atoms with E-state index in [9.17, 15) is 22.8 Å². The maximum atomic E-state index is 12.8. The maximum absolute atomic E-state index is 12.8. The Hall–Kier alpha value is -2.81. The van der Waals surface area contributed by atoms with Crippen LogP contribution >= 0.6 is 11.6 Å². The predicted octanol–water partition coefficient (Wildman–Crippen LogP) is 4.21. The molecule has 160 valence electrons. The molecule has 1 N–H and O–H groups in total. The van der Waals surface area contributed by atoms with Crippen molar-refractivity contribution in [2.24, 2.45) is 0 Å². The summed E-state index contributed by atoms with van der Waals surface area (Å²) in [5, 5.41) is 2.42. The van der Waals surface area contributed by atoms with Crippen molar-refractivity contribution in [3.05, 3.63) is 52.7 Å². The first-order valence-electron chi connectivity index (χ1n) is 9.17. The molecule has 1 aliphatic rings. The number of nitrogens with one attached hydrogen (secondary N) is 1. The second-order valence-corrected chi connectivity index (χ2v) is 7.31. The lowest BCUT2D eigenvalue weighted by atomic mass is 10.2. The highest BCUT2D eigenvalue weighted by molar-refractivity contribution is 6.33. The van der Waals surface area contributed by atoms with Crippen molar-refractivity contribution in [3.8, 4) is 0 Å². The van der Waals surface area contributed by atoms with Crippen LogP contribution in [0.5, 0.6) is 0 Å². The maximum Gasteiger partial charge on any atom is 0.417 e. The Morgan fingerprint density at radius 2 is 2.10 bits per heavy atom. The van der Waals surface area contributed by atoms with Crippen LogP contribution in [0.3, 0.4) is 0 Å². The van der Waals surface area contributed by atoms with E-state index in [1.807, 2.05) is 13.0 Å². The summed E-state index contributed by atoms with van der Waals surface area (Å²) in [7, 11) is 0. The third-order valence-corrected chi connectivity index (χ3v) is 4.87. The minimum absolute atomic E-state index is 0.0772. The first-order chi connectivity index (χ1) is 14.1. The highest BCUT2D eigenvalue weighted by Crippen LogP contribution is 2.35. The number of carbonyl (C=O) groups excluding carboxylic acids is 2. The molecule has 1 aromatic carbocycles. The molecule has 0 aliphatic carbocycles. The number of halogens is 4. The molecule has 6 nitrogen and oxygen atoms in total. The second kappa shape index (κ2) is 8.91. The van der Waals surface area contributed by atoms with Gasteiger partial charge in [0.25, 0.3) is 5.91 Å². The van der Waals surface area contributed by atoms with Crippen LogP contribution in [0.2, 0.25) is 5.02 Å². The Balaban J connectivity index is 1.62. The van der Waals surface area contributed by atoms with Gasteiger partial charge in [-0.2, -0.15) is 13.2 Å². The number of benzene rings is 1. The molecule has 0 saturated carbocycles. The Bertz CT molecular complexity index is 952. The van der Waals surface area contributed by atoms with Crippen LogP contribution in [0.15, 0.2) is 36.5 Å². The highest BCUT2D eigenvalue weighted by atomic mass is 35.5. The second-order valence-electron chi connectivity index (χ2n) is 6.90. The van der Waals surface area contributed by atoms with Crippen LogP contribution in [0.1, 0.15) is 24.0 Å². The summed E-state index contributed by atoms with van der Waals surface area (Å²) in [6.07, 6.45) is -2.87. The molecule has 1 amide bonds. The van der Waals surface area contributed by atoms with E-state index in [1.54, 1.807) is 18.2 Å². The number of hydrogen-bond acceptors (Lipinski definition) is 5. The van der Waals surface area contributed by atoms with Crippen LogP contribution in [0.25, 0.3) is 0 Å². The van der Waals surface area contributed by atoms with Crippen LogP contribution in [-0.4, -0.2) is 36.1 Å². The molecule has 1 fully saturated rings. The topological polar surface area (TPSA) is 71.5 Å². The Labute approximate surface area is 176 Å². The fourth-order valence-corrected chi connectivity index (χ4v) is 3.49. The van der Waals surface area contributed by atoms with Gasteiger partial charge in [0.2, 0.25) is 0 Å². The summed E-state index contributed by atoms with van der Waals surface area (Å²) in [6.45, 7) is 1.78. The molecule has 10 heteroatoms. The summed E-state index contributed by atoms with van der Waals surface area (Å²) < 4.78 is 43.6. The van der Waals surface area contributed by atoms with Gasteiger partial charge in [-0.3, -0.25) is 4.79 Å². The van der Waals surface area contributed by atoms with Gasteiger partial charge < -0.3 is 15.0 Å². The first kappa shape index (κ1) is 21.9. The number of rotatable bonds is 5. The number of alkyl halides is 3. The zero-order valence-corrected chi connectivity index (χ0v) is 16.8. The minimum atomic E-state index is -4.57. The van der Waals surface area contributed by atoms with Gasteiger partial charge in [-0.15, -0.1) is 0 Å². The zero-order chi connectivity index (χ0) is 21.9. The van der Waals surface area contributed by atoms with Crippen molar-refractivity contribution < 1.29 is 27.5 Å². The van der Waals surface area contributed by atoms with Crippen LogP contribution in [0, 0.1) is 6.92 Å². The van der Waals surface area contributed by atoms with Crippen LogP contribution in [-0.2, 0) is 20.5 Å². The Kier molecular flexibility index (Phi) is 6.50. The molecule has 1 aliphatic heterocycles. The number of ether oxygens (including phenoxy) is 1. The molecule has 30 heavy (non-hydrogen) atoms. The number of esters is 1. The van der Waals surface area contributed by atoms with Gasteiger partial charge in [-0.1, -0.05) is 23.7 Å². The third kappa shape index (κ3) is 5.21. The quantitative estimate of drug-likeness (QED) is 0.704. The van der Waals surface area contributed by atoms with Crippen molar-refractivity contribution in [2.75, 3.05) is 23.4 Å². The van der Waals surface area contributed by atoms with Gasteiger partial charge in [0.05, 0.1) is 10.6 Å². The summed E-state index contributed by atoms with van der Waals surface area (Å²) in [5.74, 6) is -1.08. The molecule has 1 atom stereocenters. The van der Waals surface area contributed by atoms with Crippen molar-refractivity contribution in [1.82, 2.24) is 4.98 Å². The van der Waals surface area contributed by atoms with E-state index in [-0.39, 0.29) is 10.8 Å². The van der Waals surface area contributed by atoms with Gasteiger partial charge in [-0.05, 0) is 43.5 Å². The molecule has 0 radical (unpaired) electrons. The monoisotopic (exact) mass is 441 g/mol. The molecule has 1 aromatic heterocycles. The van der Waals surface area contributed by atoms with Gasteiger partial charge >= 0.3 is 12.1 Å². The van der Waals surface area contributed by atoms with Crippen molar-refractivity contribution in [1.29, 1.82) is 0 Å². The number of hydrogen-bond donors (Lipinski definition) is 1. The number of aryl methyl sites for hydroxylation is 1. The van der Waals surface area contributed by atoms with E-state index in [1.165, 1.54) is 4.90 Å². The number of carbonyl (C=O) groups is 2. The van der Waals surface area contributed by atoms with Crippen molar-refractivity contribution >= 4 is 35.0 Å². The number of anilines is 2. The molecular weight excluding hydrogens is 423 g/mol. The summed E-state index contributed by atoms with van der Waals surface area (Å²) in [6, 6.07) is 7.15. The van der Waals surface area contributed by atoms with E-state index < -0.39 is 36.3 Å². The fourth-order valence-electron chi connectivity index (χ4n) is 3.22. The summed E-state index contributed by atoms with van der Waals surface area (Å²) in [4.78, 5) is 29.8. The summed E-state index contributed by atoms with van der Waals surface area (Å²) >= 11 is 6.00. The van der Waals surface area contributed by atoms with E-state index in [4.69, 9.17) is 16.3 Å². The number of aromatic nitrogens is 1. The lowest BCUT2D eigenvalue weighted by Gasteiger charge is -2.25. The molecule has 3 rings (SSSR count). The average Bonchev–Trinajstić information content (AvgIpc) is 3.15. The molecular formula is C20H19ClF3N3O3. The Morgan fingerprint density at radius 1 is 1.33 bits per heavy atom. The van der Waals surface area contributed by atoms with Gasteiger partial charge in [-0.25, -0.2) is 9.78 Å². The predicted molar refractivity (Wildman–Crippen MR) is 105 cm³/mol. The van der Waals surface area contributed by atoms with Gasteiger partial charge in [0, 0.05) is 18.4 Å². The molecule has 2 aromatic rings.